The molecule has 1 unspecified atom stereocenters. The van der Waals surface area contributed by atoms with Crippen LogP contribution >= 0.6 is 0 Å². The lowest BCUT2D eigenvalue weighted by atomic mass is 10.1. The van der Waals surface area contributed by atoms with Gasteiger partial charge in [0.25, 0.3) is 0 Å². The monoisotopic (exact) mass is 312 g/mol. The van der Waals surface area contributed by atoms with Gasteiger partial charge in [0.1, 0.15) is 6.61 Å². The van der Waals surface area contributed by atoms with E-state index in [0.717, 1.165) is 12.8 Å². The van der Waals surface area contributed by atoms with Crippen LogP contribution in [0.5, 0.6) is 0 Å². The van der Waals surface area contributed by atoms with Crippen molar-refractivity contribution in [3.63, 3.8) is 0 Å². The van der Waals surface area contributed by atoms with Gasteiger partial charge >= 0.3 is 11.9 Å². The van der Waals surface area contributed by atoms with E-state index in [4.69, 9.17) is 14.2 Å². The molecule has 0 N–H and O–H groups in total. The van der Waals surface area contributed by atoms with Crippen LogP contribution in [0.15, 0.2) is 24.3 Å². The molecular weight excluding hydrogens is 284 g/mol. The number of hydrogen-bond donors (Lipinski definition) is 0. The Labute approximate surface area is 133 Å². The highest BCUT2D eigenvalue weighted by molar-refractivity contribution is 5.87. The normalized spacial score (nSPS) is 11.9. The third-order valence-electron chi connectivity index (χ3n) is 2.74. The zero-order valence-corrected chi connectivity index (χ0v) is 14.1. The Morgan fingerprint density at radius 1 is 1.00 bits per heavy atom. The molecular formula is C17H28O5. The van der Waals surface area contributed by atoms with Crippen molar-refractivity contribution in [2.75, 3.05) is 19.8 Å². The first-order valence-electron chi connectivity index (χ1n) is 7.50. The molecule has 0 amide bonds. The molecule has 0 aliphatic rings. The van der Waals surface area contributed by atoms with Gasteiger partial charge in [-0.1, -0.05) is 27.0 Å². The van der Waals surface area contributed by atoms with Crippen LogP contribution < -0.4 is 0 Å². The lowest BCUT2D eigenvalue weighted by Gasteiger charge is -2.18. The molecule has 0 spiro atoms. The summed E-state index contributed by atoms with van der Waals surface area (Å²) >= 11 is 0. The molecule has 0 heterocycles. The predicted molar refractivity (Wildman–Crippen MR) is 85.4 cm³/mol. The lowest BCUT2D eigenvalue weighted by molar-refractivity contribution is -0.157. The smallest absolute Gasteiger partial charge is 0.333 e. The van der Waals surface area contributed by atoms with Gasteiger partial charge in [0.05, 0.1) is 6.61 Å². The SMILES string of the molecule is C=C(C)C(=O)OCC(COCCCC(C)C)OC(=O)C(=C)C. The number of carbonyl (C=O) groups excluding carboxylic acids is 2. The van der Waals surface area contributed by atoms with Crippen molar-refractivity contribution in [1.29, 1.82) is 0 Å². The molecule has 0 aliphatic carbocycles. The quantitative estimate of drug-likeness (QED) is 0.333. The largest absolute Gasteiger partial charge is 0.458 e. The number of ether oxygens (including phenoxy) is 3. The molecule has 1 atom stereocenters. The Hall–Kier alpha value is -1.62. The van der Waals surface area contributed by atoms with Crippen LogP contribution in [0.1, 0.15) is 40.5 Å². The maximum Gasteiger partial charge on any atom is 0.333 e. The van der Waals surface area contributed by atoms with Gasteiger partial charge in [-0.25, -0.2) is 9.59 Å². The number of carbonyl (C=O) groups is 2. The Bertz CT molecular complexity index is 398. The number of hydrogen-bond acceptors (Lipinski definition) is 5. The van der Waals surface area contributed by atoms with Gasteiger partial charge in [-0.3, -0.25) is 0 Å². The zero-order chi connectivity index (χ0) is 17.1. The summed E-state index contributed by atoms with van der Waals surface area (Å²) < 4.78 is 15.7. The molecule has 0 aliphatic heterocycles. The second-order valence-corrected chi connectivity index (χ2v) is 5.80. The molecule has 0 saturated heterocycles. The fourth-order valence-corrected chi connectivity index (χ4v) is 1.47. The van der Waals surface area contributed by atoms with E-state index in [1.807, 2.05) is 0 Å². The first kappa shape index (κ1) is 20.4. The summed E-state index contributed by atoms with van der Waals surface area (Å²) in [6.45, 7) is 15.1. The Morgan fingerprint density at radius 3 is 2.09 bits per heavy atom. The molecule has 5 nitrogen and oxygen atoms in total. The topological polar surface area (TPSA) is 61.8 Å². The van der Waals surface area contributed by atoms with Crippen molar-refractivity contribution in [3.8, 4) is 0 Å². The summed E-state index contributed by atoms with van der Waals surface area (Å²) in [5.74, 6) is -0.421. The molecule has 126 valence electrons. The average Bonchev–Trinajstić information content (AvgIpc) is 2.42. The molecule has 0 fully saturated rings. The van der Waals surface area contributed by atoms with Crippen molar-refractivity contribution in [2.24, 2.45) is 5.92 Å². The van der Waals surface area contributed by atoms with E-state index in [9.17, 15) is 9.59 Å². The van der Waals surface area contributed by atoms with Gasteiger partial charge in [-0.2, -0.15) is 0 Å². The summed E-state index contributed by atoms with van der Waals surface area (Å²) in [4.78, 5) is 23.0. The van der Waals surface area contributed by atoms with Crippen LogP contribution in [-0.2, 0) is 23.8 Å². The van der Waals surface area contributed by atoms with Gasteiger partial charge in [0.15, 0.2) is 6.10 Å². The molecule has 0 bridgehead atoms. The van der Waals surface area contributed by atoms with E-state index in [2.05, 4.69) is 27.0 Å². The Balaban J connectivity index is 4.27. The summed E-state index contributed by atoms with van der Waals surface area (Å²) in [6, 6.07) is 0. The van der Waals surface area contributed by atoms with Crippen LogP contribution in [0.25, 0.3) is 0 Å². The fourth-order valence-electron chi connectivity index (χ4n) is 1.47. The van der Waals surface area contributed by atoms with Gasteiger partial charge in [-0.05, 0) is 32.6 Å². The van der Waals surface area contributed by atoms with E-state index in [0.29, 0.717) is 18.1 Å². The first-order valence-corrected chi connectivity index (χ1v) is 7.50. The molecule has 0 aromatic heterocycles. The molecule has 0 rings (SSSR count). The zero-order valence-electron chi connectivity index (χ0n) is 14.1. The van der Waals surface area contributed by atoms with Gasteiger partial charge in [0, 0.05) is 17.8 Å². The minimum Gasteiger partial charge on any atom is -0.458 e. The average molecular weight is 312 g/mol. The van der Waals surface area contributed by atoms with E-state index >= 15 is 0 Å². The Morgan fingerprint density at radius 2 is 1.59 bits per heavy atom. The molecule has 0 saturated carbocycles. The Kier molecular flexibility index (Phi) is 10.2. The molecule has 0 radical (unpaired) electrons. The van der Waals surface area contributed by atoms with Crippen LogP contribution in [0.3, 0.4) is 0 Å². The first-order chi connectivity index (χ1) is 10.2. The molecule has 5 heteroatoms. The summed E-state index contributed by atoms with van der Waals surface area (Å²) in [5.41, 5.74) is 0.582. The molecule has 22 heavy (non-hydrogen) atoms. The minimum absolute atomic E-state index is 0.0606. The van der Waals surface area contributed by atoms with Gasteiger partial charge < -0.3 is 14.2 Å². The van der Waals surface area contributed by atoms with Crippen LogP contribution in [0.2, 0.25) is 0 Å². The van der Waals surface area contributed by atoms with E-state index in [1.165, 1.54) is 0 Å². The highest BCUT2D eigenvalue weighted by atomic mass is 16.6. The van der Waals surface area contributed by atoms with Crippen LogP contribution in [0.4, 0.5) is 0 Å². The standard InChI is InChI=1S/C17H28O5/c1-12(2)8-7-9-20-10-15(22-17(19)14(5)6)11-21-16(18)13(3)4/h12,15H,3,5,7-11H2,1-2,4,6H3. The molecule has 0 aromatic carbocycles. The highest BCUT2D eigenvalue weighted by Gasteiger charge is 2.18. The van der Waals surface area contributed by atoms with E-state index in [1.54, 1.807) is 13.8 Å². The van der Waals surface area contributed by atoms with Crippen molar-refractivity contribution in [2.45, 2.75) is 46.6 Å². The van der Waals surface area contributed by atoms with Crippen molar-refractivity contribution >= 4 is 11.9 Å². The minimum atomic E-state index is -0.647. The molecule has 0 aromatic rings. The maximum atomic E-state index is 11.6. The summed E-state index contributed by atoms with van der Waals surface area (Å²) in [7, 11) is 0. The third-order valence-corrected chi connectivity index (χ3v) is 2.74. The van der Waals surface area contributed by atoms with Gasteiger partial charge in [0.2, 0.25) is 0 Å². The third kappa shape index (κ3) is 10.2. The van der Waals surface area contributed by atoms with E-state index < -0.39 is 18.0 Å². The fraction of sp³-hybridized carbons (Fsp3) is 0.647. The number of esters is 2. The van der Waals surface area contributed by atoms with Gasteiger partial charge in [-0.15, -0.1) is 0 Å². The maximum absolute atomic E-state index is 11.6. The van der Waals surface area contributed by atoms with Crippen molar-refractivity contribution in [3.05, 3.63) is 24.3 Å². The van der Waals surface area contributed by atoms with Crippen molar-refractivity contribution < 1.29 is 23.8 Å². The second kappa shape index (κ2) is 11.0. The summed E-state index contributed by atoms with van der Waals surface area (Å²) in [6.07, 6.45) is 1.36. The predicted octanol–water partition coefficient (Wildman–Crippen LogP) is 3.05. The lowest BCUT2D eigenvalue weighted by Crippen LogP contribution is -2.30. The van der Waals surface area contributed by atoms with Crippen molar-refractivity contribution in [1.82, 2.24) is 0 Å². The van der Waals surface area contributed by atoms with Crippen LogP contribution in [0, 0.1) is 5.92 Å². The summed E-state index contributed by atoms with van der Waals surface area (Å²) in [5, 5.41) is 0. The number of rotatable bonds is 11. The highest BCUT2D eigenvalue weighted by Crippen LogP contribution is 2.06. The van der Waals surface area contributed by atoms with E-state index in [-0.39, 0.29) is 18.8 Å². The second-order valence-electron chi connectivity index (χ2n) is 5.80. The van der Waals surface area contributed by atoms with Crippen LogP contribution in [-0.4, -0.2) is 37.9 Å².